The van der Waals surface area contributed by atoms with E-state index in [9.17, 15) is 4.79 Å². The Kier molecular flexibility index (Phi) is 3.34. The van der Waals surface area contributed by atoms with Crippen molar-refractivity contribution >= 4 is 11.6 Å². The standard InChI is InChI=1S/C11H13N3O3/c1-16-6-4-9-12-10-7-8(11(15)17-2)3-5-14(10)13-9/h3,5,7H,4,6H2,1-2H3. The van der Waals surface area contributed by atoms with Crippen LogP contribution in [0.1, 0.15) is 16.2 Å². The molecule has 2 heterocycles. The van der Waals surface area contributed by atoms with E-state index in [-0.39, 0.29) is 5.97 Å². The molecule has 0 aliphatic carbocycles. The number of carbonyl (C=O) groups excluding carboxylic acids is 1. The Labute approximate surface area is 98.2 Å². The van der Waals surface area contributed by atoms with Crippen LogP contribution in [0, 0.1) is 0 Å². The molecule has 0 atom stereocenters. The van der Waals surface area contributed by atoms with Crippen molar-refractivity contribution in [2.75, 3.05) is 20.8 Å². The Balaban J connectivity index is 2.31. The summed E-state index contributed by atoms with van der Waals surface area (Å²) >= 11 is 0. The highest BCUT2D eigenvalue weighted by atomic mass is 16.5. The highest BCUT2D eigenvalue weighted by molar-refractivity contribution is 5.90. The zero-order valence-corrected chi connectivity index (χ0v) is 9.71. The van der Waals surface area contributed by atoms with Crippen LogP contribution in [0.25, 0.3) is 5.65 Å². The number of carbonyl (C=O) groups is 1. The van der Waals surface area contributed by atoms with Gasteiger partial charge in [0, 0.05) is 19.7 Å². The number of rotatable bonds is 4. The molecule has 6 heteroatoms. The summed E-state index contributed by atoms with van der Waals surface area (Å²) < 4.78 is 11.2. The molecule has 0 saturated heterocycles. The number of esters is 1. The summed E-state index contributed by atoms with van der Waals surface area (Å²) in [4.78, 5) is 15.6. The van der Waals surface area contributed by atoms with Crippen LogP contribution >= 0.6 is 0 Å². The van der Waals surface area contributed by atoms with E-state index >= 15 is 0 Å². The molecular formula is C11H13N3O3. The van der Waals surface area contributed by atoms with E-state index in [2.05, 4.69) is 14.8 Å². The van der Waals surface area contributed by atoms with Gasteiger partial charge in [-0.1, -0.05) is 0 Å². The molecule has 2 aromatic heterocycles. The van der Waals surface area contributed by atoms with Gasteiger partial charge >= 0.3 is 5.97 Å². The van der Waals surface area contributed by atoms with Crippen LogP contribution in [-0.4, -0.2) is 41.4 Å². The highest BCUT2D eigenvalue weighted by Gasteiger charge is 2.09. The zero-order valence-electron chi connectivity index (χ0n) is 9.71. The number of fused-ring (bicyclic) bond motifs is 1. The molecular weight excluding hydrogens is 222 g/mol. The minimum Gasteiger partial charge on any atom is -0.465 e. The number of nitrogens with zero attached hydrogens (tertiary/aromatic N) is 3. The third-order valence-electron chi connectivity index (χ3n) is 2.33. The monoisotopic (exact) mass is 235 g/mol. The number of methoxy groups -OCH3 is 2. The van der Waals surface area contributed by atoms with Crippen LogP contribution in [0.2, 0.25) is 0 Å². The molecule has 0 aromatic carbocycles. The van der Waals surface area contributed by atoms with Gasteiger partial charge in [-0.3, -0.25) is 0 Å². The van der Waals surface area contributed by atoms with E-state index in [1.807, 2.05) is 0 Å². The Bertz CT molecular complexity index is 536. The SMILES string of the molecule is COCCc1nc2cc(C(=O)OC)ccn2n1. The summed E-state index contributed by atoms with van der Waals surface area (Å²) in [6.45, 7) is 0.570. The van der Waals surface area contributed by atoms with E-state index in [4.69, 9.17) is 4.74 Å². The molecule has 6 nitrogen and oxygen atoms in total. The lowest BCUT2D eigenvalue weighted by Gasteiger charge is -1.97. The Morgan fingerprint density at radius 3 is 3.00 bits per heavy atom. The number of pyridine rings is 1. The third kappa shape index (κ3) is 2.42. The molecule has 0 spiro atoms. The number of ether oxygens (including phenoxy) is 2. The molecule has 0 aliphatic heterocycles. The van der Waals surface area contributed by atoms with E-state index in [0.29, 0.717) is 30.1 Å². The van der Waals surface area contributed by atoms with Crippen LogP contribution in [0.15, 0.2) is 18.3 Å². The van der Waals surface area contributed by atoms with Crippen LogP contribution < -0.4 is 0 Å². The fraction of sp³-hybridized carbons (Fsp3) is 0.364. The van der Waals surface area contributed by atoms with Crippen molar-refractivity contribution in [3.63, 3.8) is 0 Å². The van der Waals surface area contributed by atoms with E-state index in [1.165, 1.54) is 7.11 Å². The summed E-state index contributed by atoms with van der Waals surface area (Å²) in [6.07, 6.45) is 2.33. The average Bonchev–Trinajstić information content (AvgIpc) is 2.76. The smallest absolute Gasteiger partial charge is 0.338 e. The summed E-state index contributed by atoms with van der Waals surface area (Å²) in [6, 6.07) is 3.29. The van der Waals surface area contributed by atoms with Gasteiger partial charge in [0.1, 0.15) is 0 Å². The molecule has 17 heavy (non-hydrogen) atoms. The summed E-state index contributed by atoms with van der Waals surface area (Å²) in [5.41, 5.74) is 1.09. The van der Waals surface area contributed by atoms with Crippen molar-refractivity contribution in [3.05, 3.63) is 29.7 Å². The predicted molar refractivity (Wildman–Crippen MR) is 59.9 cm³/mol. The number of hydrogen-bond acceptors (Lipinski definition) is 5. The first-order valence-corrected chi connectivity index (χ1v) is 5.17. The molecule has 0 N–H and O–H groups in total. The van der Waals surface area contributed by atoms with Crippen molar-refractivity contribution < 1.29 is 14.3 Å². The Hall–Kier alpha value is -1.95. The second-order valence-electron chi connectivity index (χ2n) is 3.48. The summed E-state index contributed by atoms with van der Waals surface area (Å²) in [7, 11) is 2.98. The molecule has 0 unspecified atom stereocenters. The normalized spacial score (nSPS) is 10.7. The lowest BCUT2D eigenvalue weighted by Crippen LogP contribution is -2.02. The number of aromatic nitrogens is 3. The van der Waals surface area contributed by atoms with Crippen LogP contribution in [0.5, 0.6) is 0 Å². The molecule has 0 aliphatic rings. The van der Waals surface area contributed by atoms with E-state index in [0.717, 1.165) is 0 Å². The first kappa shape index (κ1) is 11.5. The lowest BCUT2D eigenvalue weighted by atomic mass is 10.3. The number of hydrogen-bond donors (Lipinski definition) is 0. The summed E-state index contributed by atoms with van der Waals surface area (Å²) in [5.74, 6) is 0.308. The first-order valence-electron chi connectivity index (χ1n) is 5.17. The first-order chi connectivity index (χ1) is 8.24. The average molecular weight is 235 g/mol. The van der Waals surface area contributed by atoms with Gasteiger partial charge in [-0.05, 0) is 12.1 Å². The molecule has 2 rings (SSSR count). The Morgan fingerprint density at radius 2 is 2.29 bits per heavy atom. The van der Waals surface area contributed by atoms with Crippen molar-refractivity contribution in [1.82, 2.24) is 14.6 Å². The second kappa shape index (κ2) is 4.92. The fourth-order valence-electron chi connectivity index (χ4n) is 1.47. The van der Waals surface area contributed by atoms with Crippen molar-refractivity contribution in [1.29, 1.82) is 0 Å². The fourth-order valence-corrected chi connectivity index (χ4v) is 1.47. The molecule has 0 bridgehead atoms. The third-order valence-corrected chi connectivity index (χ3v) is 2.33. The van der Waals surface area contributed by atoms with Gasteiger partial charge in [-0.2, -0.15) is 5.10 Å². The van der Waals surface area contributed by atoms with Gasteiger partial charge in [0.25, 0.3) is 0 Å². The topological polar surface area (TPSA) is 65.7 Å². The molecule has 0 radical (unpaired) electrons. The van der Waals surface area contributed by atoms with Crippen LogP contribution in [0.3, 0.4) is 0 Å². The molecule has 2 aromatic rings. The molecule has 90 valence electrons. The molecule has 0 amide bonds. The van der Waals surface area contributed by atoms with Crippen molar-refractivity contribution in [3.8, 4) is 0 Å². The van der Waals surface area contributed by atoms with Gasteiger partial charge in [0.05, 0.1) is 19.3 Å². The van der Waals surface area contributed by atoms with Gasteiger partial charge < -0.3 is 9.47 Å². The van der Waals surface area contributed by atoms with Gasteiger partial charge in [-0.25, -0.2) is 14.3 Å². The zero-order chi connectivity index (χ0) is 12.3. The minimum atomic E-state index is -0.381. The quantitative estimate of drug-likeness (QED) is 0.730. The predicted octanol–water partition coefficient (Wildman–Crippen LogP) is 0.705. The maximum Gasteiger partial charge on any atom is 0.338 e. The highest BCUT2D eigenvalue weighted by Crippen LogP contribution is 2.07. The van der Waals surface area contributed by atoms with Crippen molar-refractivity contribution in [2.45, 2.75) is 6.42 Å². The van der Waals surface area contributed by atoms with Crippen LogP contribution in [-0.2, 0) is 15.9 Å². The van der Waals surface area contributed by atoms with E-state index in [1.54, 1.807) is 30.0 Å². The van der Waals surface area contributed by atoms with Crippen molar-refractivity contribution in [2.24, 2.45) is 0 Å². The molecule has 0 fully saturated rings. The van der Waals surface area contributed by atoms with Gasteiger partial charge in [0.2, 0.25) is 0 Å². The minimum absolute atomic E-state index is 0.381. The maximum absolute atomic E-state index is 11.3. The summed E-state index contributed by atoms with van der Waals surface area (Å²) in [5, 5.41) is 4.25. The van der Waals surface area contributed by atoms with Gasteiger partial charge in [-0.15, -0.1) is 0 Å². The van der Waals surface area contributed by atoms with E-state index < -0.39 is 0 Å². The largest absolute Gasteiger partial charge is 0.465 e. The molecule has 0 saturated carbocycles. The lowest BCUT2D eigenvalue weighted by molar-refractivity contribution is 0.0600. The van der Waals surface area contributed by atoms with Crippen LogP contribution in [0.4, 0.5) is 0 Å². The Morgan fingerprint density at radius 1 is 1.47 bits per heavy atom. The second-order valence-corrected chi connectivity index (χ2v) is 3.48. The van der Waals surface area contributed by atoms with Gasteiger partial charge in [0.15, 0.2) is 11.5 Å². The maximum atomic E-state index is 11.3.